The lowest BCUT2D eigenvalue weighted by Gasteiger charge is -2.15. The molecule has 4 nitrogen and oxygen atoms in total. The fraction of sp³-hybridized carbons (Fsp3) is 0.909. The average molecular weight is 371 g/mol. The van der Waals surface area contributed by atoms with Gasteiger partial charge in [-0.15, -0.1) is 0 Å². The van der Waals surface area contributed by atoms with Crippen molar-refractivity contribution < 1.29 is 19.1 Å². The summed E-state index contributed by atoms with van der Waals surface area (Å²) in [5, 5.41) is 0. The highest BCUT2D eigenvalue weighted by Gasteiger charge is 2.10. The molecule has 0 atom stereocenters. The molecule has 0 saturated carbocycles. The summed E-state index contributed by atoms with van der Waals surface area (Å²) in [7, 11) is 0. The minimum atomic E-state index is -0.0779. The number of esters is 2. The third-order valence-corrected chi connectivity index (χ3v) is 4.46. The van der Waals surface area contributed by atoms with E-state index in [2.05, 4.69) is 13.8 Å². The Morgan fingerprint density at radius 3 is 1.54 bits per heavy atom. The maximum atomic E-state index is 11.8. The molecule has 0 unspecified atom stereocenters. The van der Waals surface area contributed by atoms with Crippen molar-refractivity contribution in [2.45, 2.75) is 105 Å². The molecule has 0 N–H and O–H groups in total. The first kappa shape index (κ1) is 24.9. The van der Waals surface area contributed by atoms with Crippen molar-refractivity contribution in [1.29, 1.82) is 0 Å². The van der Waals surface area contributed by atoms with Crippen LogP contribution in [-0.2, 0) is 19.1 Å². The van der Waals surface area contributed by atoms with E-state index < -0.39 is 0 Å². The minimum Gasteiger partial charge on any atom is -0.465 e. The quantitative estimate of drug-likeness (QED) is 0.230. The van der Waals surface area contributed by atoms with Crippen LogP contribution in [0.4, 0.5) is 0 Å². The molecule has 4 heteroatoms. The molecule has 154 valence electrons. The Hall–Kier alpha value is -1.06. The largest absolute Gasteiger partial charge is 0.465 e. The van der Waals surface area contributed by atoms with E-state index in [1.54, 1.807) is 0 Å². The fourth-order valence-corrected chi connectivity index (χ4v) is 2.99. The predicted molar refractivity (Wildman–Crippen MR) is 107 cm³/mol. The van der Waals surface area contributed by atoms with Gasteiger partial charge in [-0.3, -0.25) is 9.59 Å². The maximum Gasteiger partial charge on any atom is 0.305 e. The summed E-state index contributed by atoms with van der Waals surface area (Å²) in [5.41, 5.74) is 0. The van der Waals surface area contributed by atoms with Crippen molar-refractivity contribution in [2.24, 2.45) is 11.8 Å². The Labute approximate surface area is 161 Å². The van der Waals surface area contributed by atoms with Crippen LogP contribution < -0.4 is 0 Å². The van der Waals surface area contributed by atoms with E-state index in [0.29, 0.717) is 37.9 Å². The van der Waals surface area contributed by atoms with Gasteiger partial charge in [0.1, 0.15) is 0 Å². The molecule has 0 saturated heterocycles. The molecule has 0 aliphatic heterocycles. The van der Waals surface area contributed by atoms with Crippen LogP contribution in [0.3, 0.4) is 0 Å². The number of carbonyl (C=O) groups is 2. The average Bonchev–Trinajstić information content (AvgIpc) is 2.60. The summed E-state index contributed by atoms with van der Waals surface area (Å²) < 4.78 is 10.6. The van der Waals surface area contributed by atoms with Gasteiger partial charge in [0.25, 0.3) is 0 Å². The Balaban J connectivity index is 3.48. The Morgan fingerprint density at radius 1 is 0.692 bits per heavy atom. The van der Waals surface area contributed by atoms with Gasteiger partial charge in [0.05, 0.1) is 13.2 Å². The molecular formula is C22H42O4. The van der Waals surface area contributed by atoms with Crippen molar-refractivity contribution in [2.75, 3.05) is 13.2 Å². The molecule has 0 radical (unpaired) electrons. The highest BCUT2D eigenvalue weighted by Crippen LogP contribution is 2.15. The molecule has 0 rings (SSSR count). The third kappa shape index (κ3) is 16.4. The second-order valence-corrected chi connectivity index (χ2v) is 7.82. The Morgan fingerprint density at radius 2 is 1.12 bits per heavy atom. The first-order valence-electron chi connectivity index (χ1n) is 10.8. The van der Waals surface area contributed by atoms with Gasteiger partial charge in [-0.05, 0) is 37.5 Å². The minimum absolute atomic E-state index is 0.0462. The van der Waals surface area contributed by atoms with Crippen molar-refractivity contribution >= 4 is 11.9 Å². The van der Waals surface area contributed by atoms with Crippen molar-refractivity contribution in [3.8, 4) is 0 Å². The monoisotopic (exact) mass is 370 g/mol. The number of carbonyl (C=O) groups excluding carboxylic acids is 2. The van der Waals surface area contributed by atoms with Gasteiger partial charge in [-0.1, -0.05) is 66.2 Å². The van der Waals surface area contributed by atoms with E-state index in [4.69, 9.17) is 9.47 Å². The third-order valence-electron chi connectivity index (χ3n) is 4.46. The maximum absolute atomic E-state index is 11.8. The summed E-state index contributed by atoms with van der Waals surface area (Å²) >= 11 is 0. The number of hydrogen-bond acceptors (Lipinski definition) is 4. The zero-order valence-electron chi connectivity index (χ0n) is 17.7. The van der Waals surface area contributed by atoms with Gasteiger partial charge in [0, 0.05) is 12.8 Å². The smallest absolute Gasteiger partial charge is 0.305 e. The summed E-state index contributed by atoms with van der Waals surface area (Å²) in [6, 6.07) is 0. The van der Waals surface area contributed by atoms with Gasteiger partial charge in [-0.2, -0.15) is 0 Å². The van der Waals surface area contributed by atoms with Crippen LogP contribution in [0.1, 0.15) is 105 Å². The molecular weight excluding hydrogens is 328 g/mol. The summed E-state index contributed by atoms with van der Waals surface area (Å²) in [6.07, 6.45) is 11.8. The molecule has 0 spiro atoms. The first-order chi connectivity index (χ1) is 12.5. The first-order valence-corrected chi connectivity index (χ1v) is 10.8. The zero-order chi connectivity index (χ0) is 19.6. The van der Waals surface area contributed by atoms with E-state index in [1.807, 2.05) is 13.8 Å². The van der Waals surface area contributed by atoms with Crippen LogP contribution in [0, 0.1) is 11.8 Å². The molecule has 0 aromatic heterocycles. The van der Waals surface area contributed by atoms with E-state index >= 15 is 0 Å². The van der Waals surface area contributed by atoms with Crippen molar-refractivity contribution in [1.82, 2.24) is 0 Å². The summed E-state index contributed by atoms with van der Waals surface area (Å²) in [5.74, 6) is 0.803. The van der Waals surface area contributed by atoms with Crippen LogP contribution in [0.5, 0.6) is 0 Å². The highest BCUT2D eigenvalue weighted by atomic mass is 16.5. The molecule has 0 heterocycles. The van der Waals surface area contributed by atoms with Crippen LogP contribution >= 0.6 is 0 Å². The molecule has 0 aliphatic rings. The normalized spacial score (nSPS) is 11.2. The fourth-order valence-electron chi connectivity index (χ4n) is 2.99. The molecule has 0 aliphatic carbocycles. The number of unbranched alkanes of at least 4 members (excludes halogenated alkanes) is 5. The van der Waals surface area contributed by atoms with E-state index in [0.717, 1.165) is 64.2 Å². The lowest BCUT2D eigenvalue weighted by Crippen LogP contribution is -2.14. The Bertz CT molecular complexity index is 346. The molecule has 0 amide bonds. The number of rotatable bonds is 17. The van der Waals surface area contributed by atoms with Gasteiger partial charge in [0.15, 0.2) is 0 Å². The highest BCUT2D eigenvalue weighted by molar-refractivity contribution is 5.69. The molecule has 0 bridgehead atoms. The van der Waals surface area contributed by atoms with Crippen LogP contribution in [0.15, 0.2) is 0 Å². The second kappa shape index (κ2) is 17.4. The summed E-state index contributed by atoms with van der Waals surface area (Å²) in [4.78, 5) is 23.3. The van der Waals surface area contributed by atoms with Crippen molar-refractivity contribution in [3.63, 3.8) is 0 Å². The lowest BCUT2D eigenvalue weighted by molar-refractivity contribution is -0.146. The van der Waals surface area contributed by atoms with E-state index in [9.17, 15) is 9.59 Å². The van der Waals surface area contributed by atoms with Gasteiger partial charge >= 0.3 is 11.9 Å². The number of ether oxygens (including phenoxy) is 2. The van der Waals surface area contributed by atoms with Crippen LogP contribution in [-0.4, -0.2) is 25.2 Å². The van der Waals surface area contributed by atoms with Gasteiger partial charge in [-0.25, -0.2) is 0 Å². The van der Waals surface area contributed by atoms with E-state index in [-0.39, 0.29) is 11.9 Å². The van der Waals surface area contributed by atoms with Crippen LogP contribution in [0.2, 0.25) is 0 Å². The molecule has 0 fully saturated rings. The van der Waals surface area contributed by atoms with Gasteiger partial charge in [0.2, 0.25) is 0 Å². The van der Waals surface area contributed by atoms with E-state index in [1.165, 1.54) is 0 Å². The van der Waals surface area contributed by atoms with Crippen molar-refractivity contribution in [3.05, 3.63) is 0 Å². The molecule has 0 aromatic rings. The summed E-state index contributed by atoms with van der Waals surface area (Å²) in [6.45, 7) is 9.55. The Kier molecular flexibility index (Phi) is 16.7. The zero-order valence-corrected chi connectivity index (χ0v) is 17.7. The van der Waals surface area contributed by atoms with Crippen LogP contribution in [0.25, 0.3) is 0 Å². The number of hydrogen-bond donors (Lipinski definition) is 0. The molecule has 0 aromatic carbocycles. The standard InChI is InChI=1S/C22H42O4/c1-5-13-20(14-6-2)18-26-22(24)16-12-10-8-7-9-11-15-21(23)25-17-19(3)4/h19-20H,5-18H2,1-4H3. The topological polar surface area (TPSA) is 52.6 Å². The second-order valence-electron chi connectivity index (χ2n) is 7.82. The SMILES string of the molecule is CCCC(CCC)COC(=O)CCCCCCCCC(=O)OCC(C)C. The van der Waals surface area contributed by atoms with Gasteiger partial charge < -0.3 is 9.47 Å². The molecule has 26 heavy (non-hydrogen) atoms. The predicted octanol–water partition coefficient (Wildman–Crippen LogP) is 6.07. The lowest BCUT2D eigenvalue weighted by atomic mass is 9.99.